The third kappa shape index (κ3) is 9.47. The minimum absolute atomic E-state index is 0.0418. The van der Waals surface area contributed by atoms with Crippen LogP contribution in [-0.4, -0.2) is 114 Å². The number of benzene rings is 2. The Morgan fingerprint density at radius 1 is 1.00 bits per heavy atom. The summed E-state index contributed by atoms with van der Waals surface area (Å²) in [6.45, 7) is -1.81. The second kappa shape index (κ2) is 17.0. The Morgan fingerprint density at radius 3 is 2.48 bits per heavy atom. The molecule has 340 valence electrons. The van der Waals surface area contributed by atoms with Gasteiger partial charge in [0.25, 0.3) is 5.92 Å². The number of carbonyl (C=O) groups is 2. The van der Waals surface area contributed by atoms with E-state index in [9.17, 15) is 44.3 Å². The molecule has 2 aromatic carbocycles. The van der Waals surface area contributed by atoms with Crippen LogP contribution >= 0.6 is 22.6 Å². The van der Waals surface area contributed by atoms with Gasteiger partial charge in [0.15, 0.2) is 5.82 Å². The Labute approximate surface area is 372 Å². The summed E-state index contributed by atoms with van der Waals surface area (Å²) in [5.74, 6) is -4.79. The molecular weight excluding hydrogens is 997 g/mol. The number of aromatic nitrogens is 6. The molecule has 3 aliphatic heterocycles. The molecule has 2 atom stereocenters. The summed E-state index contributed by atoms with van der Waals surface area (Å²) in [5.41, 5.74) is -0.565. The fourth-order valence-corrected chi connectivity index (χ4v) is 10.8. The van der Waals surface area contributed by atoms with Crippen molar-refractivity contribution in [3.05, 3.63) is 77.7 Å². The molecule has 6 heterocycles. The number of aliphatic imine (C=N–C) groups is 1. The molecule has 15 nitrogen and oxygen atoms in total. The minimum Gasteiger partial charge on any atom is -0.293 e. The minimum atomic E-state index is -4.95. The number of urea groups is 1. The topological polar surface area (TPSA) is 164 Å². The number of nitrogens with zero attached hydrogens (tertiary/aromatic N) is 10. The number of likely N-dealkylation sites (tertiary alicyclic amines) is 1. The zero-order chi connectivity index (χ0) is 45.9. The number of carbonyl (C=O) groups excluding carboxylic acids is 2. The summed E-state index contributed by atoms with van der Waals surface area (Å²) in [6, 6.07) is 10.3. The predicted molar refractivity (Wildman–Crippen MR) is 223 cm³/mol. The van der Waals surface area contributed by atoms with Gasteiger partial charge >= 0.3 is 18.4 Å². The number of rotatable bonds is 9. The maximum absolute atomic E-state index is 16.0. The van der Waals surface area contributed by atoms with Crippen LogP contribution in [0, 0.1) is 0 Å². The van der Waals surface area contributed by atoms with Gasteiger partial charge in [0.05, 0.1) is 38.7 Å². The Bertz CT molecular complexity index is 2780. The number of nitrogens with one attached hydrogen (secondary N) is 1. The molecule has 1 N–H and O–H groups in total. The molecule has 3 aromatic heterocycles. The molecule has 64 heavy (non-hydrogen) atoms. The summed E-state index contributed by atoms with van der Waals surface area (Å²) in [5, 5.41) is 10.8. The third-order valence-corrected chi connectivity index (χ3v) is 14.1. The van der Waals surface area contributed by atoms with E-state index in [0.29, 0.717) is 44.4 Å². The summed E-state index contributed by atoms with van der Waals surface area (Å²) in [4.78, 5) is 38.9. The number of piperidine rings is 2. The summed E-state index contributed by atoms with van der Waals surface area (Å²) in [6.07, 6.45) is -7.30. The number of fused-ring (bicyclic) bond motifs is 1. The number of amides is 3. The van der Waals surface area contributed by atoms with E-state index in [-0.39, 0.29) is 62.4 Å². The second-order valence-corrected chi connectivity index (χ2v) is 19.0. The lowest BCUT2D eigenvalue weighted by atomic mass is 9.85. The van der Waals surface area contributed by atoms with Crippen LogP contribution in [0.15, 0.2) is 70.9 Å². The van der Waals surface area contributed by atoms with E-state index in [4.69, 9.17) is 0 Å². The molecule has 3 amide bonds. The van der Waals surface area contributed by atoms with E-state index < -0.39 is 80.4 Å². The van der Waals surface area contributed by atoms with Gasteiger partial charge in [0, 0.05) is 75.1 Å². The van der Waals surface area contributed by atoms with Crippen LogP contribution in [0.1, 0.15) is 41.9 Å². The van der Waals surface area contributed by atoms with Crippen LogP contribution in [0.25, 0.3) is 22.2 Å². The lowest BCUT2D eigenvalue weighted by molar-refractivity contribution is -0.142. The van der Waals surface area contributed by atoms with Crippen LogP contribution in [0.5, 0.6) is 0 Å². The number of hydrogen-bond donors (Lipinski definition) is 1. The van der Waals surface area contributed by atoms with Crippen molar-refractivity contribution in [2.75, 3.05) is 37.6 Å². The number of alkyl halides is 9. The Morgan fingerprint density at radius 2 is 1.78 bits per heavy atom. The van der Waals surface area contributed by atoms with Crippen LogP contribution in [-0.2, 0) is 41.1 Å². The van der Waals surface area contributed by atoms with E-state index in [2.05, 4.69) is 30.5 Å². The largest absolute Gasteiger partial charge is 0.419 e. The van der Waals surface area contributed by atoms with Crippen LogP contribution in [0.2, 0.25) is 0 Å². The second-order valence-electron chi connectivity index (χ2n) is 15.6. The first-order chi connectivity index (χ1) is 30.1. The van der Waals surface area contributed by atoms with Crippen LogP contribution in [0.4, 0.5) is 51.7 Å². The molecule has 25 heteroatoms. The highest BCUT2D eigenvalue weighted by Crippen LogP contribution is 2.43. The number of imide groups is 1. The van der Waals surface area contributed by atoms with Gasteiger partial charge in [0.1, 0.15) is 12.1 Å². The molecular formula is C39H36F8IN11O4S. The van der Waals surface area contributed by atoms with Gasteiger partial charge in [-0.05, 0) is 48.4 Å². The van der Waals surface area contributed by atoms with Gasteiger partial charge in [0.2, 0.25) is 21.9 Å². The van der Waals surface area contributed by atoms with Crippen molar-refractivity contribution in [3.63, 3.8) is 0 Å². The number of hydrogen-bond acceptors (Lipinski definition) is 10. The van der Waals surface area contributed by atoms with Gasteiger partial charge in [-0.25, -0.2) is 37.0 Å². The maximum Gasteiger partial charge on any atom is 0.419 e. The fourth-order valence-electron chi connectivity index (χ4n) is 8.06. The standard InChI is InChI=1S/C39H36F8IN11O4S/c1-55-31-14-23(5-6-26(31)34(54-55)59-12-9-32(60)52-36(59)61)27-7-10-56(20-37(27,40)41)17-22-3-2-4-25(13-22)64(62,63)58-11-8-30(29(48)19-58)51-35-49-16-28(39(45,46)47)33(53-35)24-15-50-57(18-24)21-38(42,43)44/h2-6,13-16,18,27,29H,7-12,17,19-21H2,1H3,(H,52,60,61)/b51-30+/t27?,29-/m0/s1. The van der Waals surface area contributed by atoms with E-state index in [1.54, 1.807) is 36.2 Å². The van der Waals surface area contributed by atoms with Gasteiger partial charge in [-0.15, -0.1) is 0 Å². The molecule has 0 radical (unpaired) electrons. The molecule has 0 aliphatic carbocycles. The van der Waals surface area contributed by atoms with Crippen molar-refractivity contribution >= 4 is 72.9 Å². The molecule has 3 fully saturated rings. The lowest BCUT2D eigenvalue weighted by Crippen LogP contribution is -2.49. The highest BCUT2D eigenvalue weighted by Gasteiger charge is 2.46. The van der Waals surface area contributed by atoms with E-state index >= 15 is 8.78 Å². The van der Waals surface area contributed by atoms with Crippen molar-refractivity contribution < 1.29 is 53.1 Å². The van der Waals surface area contributed by atoms with E-state index in [0.717, 1.165) is 12.4 Å². The summed E-state index contributed by atoms with van der Waals surface area (Å²) >= 11 is 1.94. The third-order valence-electron chi connectivity index (χ3n) is 11.1. The molecule has 3 aliphatic rings. The molecule has 1 unspecified atom stereocenters. The average Bonchev–Trinajstić information content (AvgIpc) is 3.80. The zero-order valence-electron chi connectivity index (χ0n) is 33.4. The first kappa shape index (κ1) is 45.4. The van der Waals surface area contributed by atoms with Crippen molar-refractivity contribution in [2.45, 2.75) is 65.4 Å². The van der Waals surface area contributed by atoms with E-state index in [1.165, 1.54) is 32.1 Å². The van der Waals surface area contributed by atoms with Gasteiger partial charge < -0.3 is 0 Å². The smallest absolute Gasteiger partial charge is 0.293 e. The highest BCUT2D eigenvalue weighted by atomic mass is 127. The fraction of sp³-hybridized carbons (Fsp3) is 0.410. The Balaban J connectivity index is 0.925. The molecule has 3 saturated heterocycles. The molecule has 5 aromatic rings. The molecule has 8 rings (SSSR count). The molecule has 0 saturated carbocycles. The number of anilines is 1. The maximum atomic E-state index is 16.0. The normalized spacial score (nSPS) is 21.2. The predicted octanol–water partition coefficient (Wildman–Crippen LogP) is 6.85. The van der Waals surface area contributed by atoms with Crippen molar-refractivity contribution in [1.29, 1.82) is 0 Å². The lowest BCUT2D eigenvalue weighted by Gasteiger charge is -2.38. The summed E-state index contributed by atoms with van der Waals surface area (Å²) in [7, 11) is -2.47. The number of halogens is 9. The molecule has 0 bridgehead atoms. The van der Waals surface area contributed by atoms with Crippen molar-refractivity contribution in [3.8, 4) is 11.3 Å². The summed E-state index contributed by atoms with van der Waals surface area (Å²) < 4.78 is 143. The van der Waals surface area contributed by atoms with Gasteiger partial charge in [-0.2, -0.15) is 40.8 Å². The van der Waals surface area contributed by atoms with Crippen molar-refractivity contribution in [2.24, 2.45) is 12.0 Å². The quantitative estimate of drug-likeness (QED) is 0.0946. The monoisotopic (exact) mass is 1030 g/mol. The first-order valence-corrected chi connectivity index (χ1v) is 22.3. The van der Waals surface area contributed by atoms with Crippen LogP contribution in [0.3, 0.4) is 0 Å². The number of sulfonamides is 1. The average molecular weight is 1030 g/mol. The Kier molecular flexibility index (Phi) is 12.1. The van der Waals surface area contributed by atoms with Gasteiger partial charge in [-0.1, -0.05) is 40.8 Å². The Hall–Kier alpha value is -5.15. The van der Waals surface area contributed by atoms with Gasteiger partial charge in [-0.3, -0.25) is 29.3 Å². The highest BCUT2D eigenvalue weighted by molar-refractivity contribution is 14.1. The number of aryl methyl sites for hydroxylation is 1. The SMILES string of the molecule is Cn1nc(N2CCC(=O)NC2=O)c2ccc(C3CCN(Cc4cccc(S(=O)(=O)N5CC/C(=N\c6ncc(C(F)(F)F)c(-c7cnn(CC(F)(F)F)c7)n6)[C@@H](I)C5)c4)CC3(F)F)cc21. The van der Waals surface area contributed by atoms with Crippen molar-refractivity contribution in [1.82, 2.24) is 44.1 Å². The zero-order valence-corrected chi connectivity index (χ0v) is 36.4. The van der Waals surface area contributed by atoms with E-state index in [1.807, 2.05) is 22.6 Å². The molecule has 0 spiro atoms. The first-order valence-electron chi connectivity index (χ1n) is 19.6. The van der Waals surface area contributed by atoms with Crippen LogP contribution < -0.4 is 10.2 Å².